The quantitative estimate of drug-likeness (QED) is 0.442. The van der Waals surface area contributed by atoms with Gasteiger partial charge in [-0.2, -0.15) is 0 Å². The smallest absolute Gasteiger partial charge is 0.272 e. The summed E-state index contributed by atoms with van der Waals surface area (Å²) in [5.41, 5.74) is 0. The Labute approximate surface area is 100 Å². The number of hydrogen-bond donors (Lipinski definition) is 1. The molecule has 1 N–H and O–H groups in total. The molecule has 0 fully saturated rings. The zero-order valence-corrected chi connectivity index (χ0v) is 10.2. The van der Waals surface area contributed by atoms with E-state index in [1.54, 1.807) is 0 Å². The third kappa shape index (κ3) is 4.62. The van der Waals surface area contributed by atoms with Crippen LogP contribution in [0.4, 0.5) is 22.0 Å². The maximum absolute atomic E-state index is 13.2. The minimum atomic E-state index is -3.66. The lowest BCUT2D eigenvalue weighted by Crippen LogP contribution is -2.42. The lowest BCUT2D eigenvalue weighted by atomic mass is 10.1. The first-order chi connectivity index (χ1) is 7.32. The van der Waals surface area contributed by atoms with E-state index in [4.69, 9.17) is 4.55 Å². The van der Waals surface area contributed by atoms with Crippen LogP contribution in [-0.4, -0.2) is 44.3 Å². The Kier molecular flexibility index (Phi) is 7.66. The van der Waals surface area contributed by atoms with Crippen LogP contribution in [0.15, 0.2) is 0 Å². The predicted octanol–water partition coefficient (Wildman–Crippen LogP) is 2.64. The molecule has 0 aromatic heterocycles. The highest BCUT2D eigenvalue weighted by atomic mass is 79.9. The van der Waals surface area contributed by atoms with Crippen LogP contribution in [-0.2, 0) is 11.1 Å². The van der Waals surface area contributed by atoms with E-state index >= 15 is 0 Å². The second-order valence-electron chi connectivity index (χ2n) is 2.96. The van der Waals surface area contributed by atoms with E-state index in [1.807, 2.05) is 0 Å². The molecule has 0 aliphatic rings. The molecule has 0 radical (unpaired) electrons. The predicted molar refractivity (Wildman–Crippen MR) is 53.7 cm³/mol. The Morgan fingerprint density at radius 3 is 1.88 bits per heavy atom. The molecule has 0 aliphatic carbocycles. The lowest BCUT2D eigenvalue weighted by molar-refractivity contribution is -0.0238. The van der Waals surface area contributed by atoms with E-state index in [-0.39, 0.29) is 11.8 Å². The van der Waals surface area contributed by atoms with Crippen LogP contribution in [0.3, 0.4) is 0 Å². The Morgan fingerprint density at radius 1 is 1.06 bits per heavy atom. The minimum Gasteiger partial charge on any atom is -0.306 e. The molecule has 0 rings (SSSR count). The summed E-state index contributed by atoms with van der Waals surface area (Å²) in [6.07, 6.45) is -13.1. The van der Waals surface area contributed by atoms with Crippen molar-refractivity contribution in [1.82, 2.24) is 0 Å². The van der Waals surface area contributed by atoms with Gasteiger partial charge in [0.2, 0.25) is 0 Å². The maximum Gasteiger partial charge on any atom is 0.272 e. The highest BCUT2D eigenvalue weighted by Gasteiger charge is 2.42. The molecule has 0 heterocycles. The van der Waals surface area contributed by atoms with Gasteiger partial charge in [0.1, 0.15) is 0 Å². The summed E-state index contributed by atoms with van der Waals surface area (Å²) in [5, 5.41) is -1.66. The summed E-state index contributed by atoms with van der Waals surface area (Å²) in [4.78, 5) is 0. The molecule has 9 heteroatoms. The first kappa shape index (κ1) is 16.2. The van der Waals surface area contributed by atoms with Gasteiger partial charge in [0.15, 0.2) is 29.6 Å². The van der Waals surface area contributed by atoms with Crippen LogP contribution >= 0.6 is 15.9 Å². The van der Waals surface area contributed by atoms with Crippen molar-refractivity contribution in [3.8, 4) is 0 Å². The molecule has 0 spiro atoms. The molecular weight excluding hydrogens is 323 g/mol. The van der Waals surface area contributed by atoms with Crippen LogP contribution in [0.25, 0.3) is 0 Å². The summed E-state index contributed by atoms with van der Waals surface area (Å²) < 4.78 is 81.3. The largest absolute Gasteiger partial charge is 0.306 e. The number of alkyl halides is 6. The van der Waals surface area contributed by atoms with Gasteiger partial charge in [0.05, 0.1) is 5.25 Å². The second kappa shape index (κ2) is 7.54. The van der Waals surface area contributed by atoms with Gasteiger partial charge in [0, 0.05) is 5.33 Å². The fourth-order valence-electron chi connectivity index (χ4n) is 0.998. The van der Waals surface area contributed by atoms with Gasteiger partial charge in [-0.05, 0) is 6.42 Å². The molecule has 5 unspecified atom stereocenters. The molecule has 0 aromatic rings. The molecule has 16 heavy (non-hydrogen) atoms. The standard InChI is InChI=1S/C7H10BrF5O2S/c8-2-1-3(16(14)15)4(9)5(10)6(11)7(12)13/h3-7H,1-2H2,(H,14,15). The summed E-state index contributed by atoms with van der Waals surface area (Å²) in [6.45, 7) is 0. The Bertz CT molecular complexity index is 233. The minimum absolute atomic E-state index is 0.0722. The fourth-order valence-corrected chi connectivity index (χ4v) is 2.49. The summed E-state index contributed by atoms with van der Waals surface area (Å²) in [6, 6.07) is 0. The van der Waals surface area contributed by atoms with Crippen molar-refractivity contribution in [2.24, 2.45) is 0 Å². The van der Waals surface area contributed by atoms with Crippen molar-refractivity contribution >= 4 is 27.0 Å². The zero-order valence-electron chi connectivity index (χ0n) is 7.83. The molecule has 5 atom stereocenters. The van der Waals surface area contributed by atoms with Crippen molar-refractivity contribution in [2.75, 3.05) is 5.33 Å². The van der Waals surface area contributed by atoms with Crippen LogP contribution in [0.5, 0.6) is 0 Å². The number of halogens is 6. The summed E-state index contributed by atoms with van der Waals surface area (Å²) >= 11 is 0.0849. The zero-order chi connectivity index (χ0) is 12.9. The van der Waals surface area contributed by atoms with Crippen molar-refractivity contribution < 1.29 is 30.7 Å². The normalized spacial score (nSPS) is 21.5. The summed E-state index contributed by atoms with van der Waals surface area (Å²) in [7, 11) is 0. The van der Waals surface area contributed by atoms with Gasteiger partial charge in [0.25, 0.3) is 6.43 Å². The molecule has 0 bridgehead atoms. The topological polar surface area (TPSA) is 37.3 Å². The van der Waals surface area contributed by atoms with Gasteiger partial charge in [-0.25, -0.2) is 26.2 Å². The molecule has 2 nitrogen and oxygen atoms in total. The Morgan fingerprint density at radius 2 is 1.56 bits per heavy atom. The van der Waals surface area contributed by atoms with Crippen LogP contribution in [0.2, 0.25) is 0 Å². The molecule has 0 amide bonds. The SMILES string of the molecule is O=S(O)C(CCBr)C(F)C(F)C(F)C(F)F. The monoisotopic (exact) mass is 332 g/mol. The third-order valence-electron chi connectivity index (χ3n) is 1.86. The highest BCUT2D eigenvalue weighted by molar-refractivity contribution is 9.09. The highest BCUT2D eigenvalue weighted by Crippen LogP contribution is 2.24. The number of hydrogen-bond acceptors (Lipinski definition) is 1. The van der Waals surface area contributed by atoms with Crippen LogP contribution < -0.4 is 0 Å². The molecule has 0 saturated carbocycles. The van der Waals surface area contributed by atoms with Crippen molar-refractivity contribution in [1.29, 1.82) is 0 Å². The van der Waals surface area contributed by atoms with E-state index in [9.17, 15) is 26.2 Å². The van der Waals surface area contributed by atoms with Crippen molar-refractivity contribution in [3.63, 3.8) is 0 Å². The fraction of sp³-hybridized carbons (Fsp3) is 1.00. The van der Waals surface area contributed by atoms with E-state index in [1.165, 1.54) is 0 Å². The molecule has 98 valence electrons. The first-order valence-electron chi connectivity index (χ1n) is 4.18. The van der Waals surface area contributed by atoms with Crippen molar-refractivity contribution in [2.45, 2.75) is 36.6 Å². The first-order valence-corrected chi connectivity index (χ1v) is 6.48. The number of rotatable bonds is 7. The Balaban J connectivity index is 4.59. The lowest BCUT2D eigenvalue weighted by Gasteiger charge is -2.22. The second-order valence-corrected chi connectivity index (χ2v) is 4.91. The van der Waals surface area contributed by atoms with Crippen molar-refractivity contribution in [3.05, 3.63) is 0 Å². The van der Waals surface area contributed by atoms with Gasteiger partial charge in [-0.1, -0.05) is 15.9 Å². The molecular formula is C7H10BrF5O2S. The summed E-state index contributed by atoms with van der Waals surface area (Å²) in [5.74, 6) is 0. The third-order valence-corrected chi connectivity index (χ3v) is 3.33. The molecule has 0 aliphatic heterocycles. The van der Waals surface area contributed by atoms with E-state index in [0.29, 0.717) is 0 Å². The van der Waals surface area contributed by atoms with Gasteiger partial charge >= 0.3 is 0 Å². The van der Waals surface area contributed by atoms with Crippen LogP contribution in [0.1, 0.15) is 6.42 Å². The van der Waals surface area contributed by atoms with E-state index in [2.05, 4.69) is 15.9 Å². The maximum atomic E-state index is 13.2. The van der Waals surface area contributed by atoms with Gasteiger partial charge in [-0.15, -0.1) is 0 Å². The average Bonchev–Trinajstić information content (AvgIpc) is 2.22. The van der Waals surface area contributed by atoms with E-state index in [0.717, 1.165) is 0 Å². The molecule has 0 aromatic carbocycles. The van der Waals surface area contributed by atoms with Gasteiger partial charge < -0.3 is 4.55 Å². The molecule has 0 saturated heterocycles. The Hall–Kier alpha value is 0.240. The van der Waals surface area contributed by atoms with Crippen LogP contribution in [0, 0.1) is 0 Å². The van der Waals surface area contributed by atoms with E-state index < -0.39 is 41.3 Å². The van der Waals surface area contributed by atoms with Gasteiger partial charge in [-0.3, -0.25) is 0 Å². The average molecular weight is 333 g/mol.